The van der Waals surface area contributed by atoms with E-state index in [-0.39, 0.29) is 18.9 Å². The fraction of sp³-hybridized carbons (Fsp3) is 0.800. The Morgan fingerprint density at radius 1 is 0.500 bits per heavy atom. The molecule has 1 amide bonds. The second-order valence-electron chi connectivity index (χ2n) is 20.8. The van der Waals surface area contributed by atoms with E-state index >= 15 is 0 Å². The molecule has 0 spiro atoms. The Hall–Kier alpha value is -2.29. The Morgan fingerprint density at radius 3 is 1.36 bits per heavy atom. The summed E-state index contributed by atoms with van der Waals surface area (Å²) in [5.74, 6) is -0.601. The molecular weight excluding hydrogens is 892 g/mol. The van der Waals surface area contributed by atoms with Crippen LogP contribution in [0.15, 0.2) is 60.8 Å². The Kier molecular flexibility index (Phi) is 48.6. The van der Waals surface area contributed by atoms with Crippen LogP contribution in [0.2, 0.25) is 0 Å². The van der Waals surface area contributed by atoms with Gasteiger partial charge in [0.2, 0.25) is 5.91 Å². The lowest BCUT2D eigenvalue weighted by atomic mass is 10.0. The zero-order valence-electron chi connectivity index (χ0n) is 46.5. The second-order valence-corrected chi connectivity index (χ2v) is 22.2. The van der Waals surface area contributed by atoms with Crippen LogP contribution < -0.4 is 10.2 Å². The molecule has 0 aromatic heterocycles. The summed E-state index contributed by atoms with van der Waals surface area (Å²) in [5.41, 5.74) is 0. The summed E-state index contributed by atoms with van der Waals surface area (Å²) < 4.78 is 30.2. The molecule has 0 aliphatic rings. The minimum atomic E-state index is -4.70. The van der Waals surface area contributed by atoms with E-state index in [4.69, 9.17) is 13.8 Å². The molecule has 1 N–H and O–H groups in total. The van der Waals surface area contributed by atoms with Crippen LogP contribution in [0.1, 0.15) is 258 Å². The SMILES string of the molecule is CCCCC/C=C\C/C=C\C/C=C\C/C=C\CCCC(=O)OC(/C=C/CCCCCCCCCCCCC)C(COP(=O)([O-])OCC[N+](C)(C)C)NC(=O)CCCCCCCCCCCCCCCC. The van der Waals surface area contributed by atoms with Crippen LogP contribution in [-0.4, -0.2) is 69.4 Å². The van der Waals surface area contributed by atoms with Crippen molar-refractivity contribution < 1.29 is 37.3 Å². The molecule has 0 fully saturated rings. The lowest BCUT2D eigenvalue weighted by molar-refractivity contribution is -0.870. The van der Waals surface area contributed by atoms with Gasteiger partial charge < -0.3 is 28.5 Å². The number of phosphoric acid groups is 1. The van der Waals surface area contributed by atoms with Crippen molar-refractivity contribution in [3.63, 3.8) is 0 Å². The molecule has 0 saturated carbocycles. The Bertz CT molecular complexity index is 1390. The number of hydrogen-bond donors (Lipinski definition) is 1. The minimum Gasteiger partial charge on any atom is -0.756 e. The topological polar surface area (TPSA) is 114 Å². The Morgan fingerprint density at radius 2 is 0.886 bits per heavy atom. The fourth-order valence-electron chi connectivity index (χ4n) is 8.16. The number of ether oxygens (including phenoxy) is 1. The number of unbranched alkanes of at least 4 members (excludes halogenated alkanes) is 28. The quantitative estimate of drug-likeness (QED) is 0.0212. The normalized spacial score (nSPS) is 14.2. The zero-order chi connectivity index (χ0) is 51.5. The second kappa shape index (κ2) is 50.3. The number of carbonyl (C=O) groups is 2. The standard InChI is InChI=1S/C60H111N2O7P/c1-7-10-13-16-19-22-25-28-30-31-32-35-38-41-44-47-50-53-60(64)69-58(51-48-45-42-39-36-33-27-24-21-18-15-12-9-3)57(56-68-70(65,66)67-55-54-62(4,5)6)61-59(63)52-49-46-43-40-37-34-29-26-23-20-17-14-11-8-2/h19,22,28,30,32,35,41,44,48,51,57-58H,7-18,20-21,23-27,29,31,33-34,36-40,42-43,45-47,49-50,52-56H2,1-6H3,(H-,61,63,65,66)/b22-19-,30-28-,35-32-,44-41-,51-48+. The van der Waals surface area contributed by atoms with Gasteiger partial charge in [-0.15, -0.1) is 0 Å². The van der Waals surface area contributed by atoms with Gasteiger partial charge >= 0.3 is 5.97 Å². The highest BCUT2D eigenvalue weighted by Crippen LogP contribution is 2.38. The fourth-order valence-corrected chi connectivity index (χ4v) is 8.88. The van der Waals surface area contributed by atoms with Crippen molar-refractivity contribution in [3.8, 4) is 0 Å². The van der Waals surface area contributed by atoms with Crippen LogP contribution >= 0.6 is 7.82 Å². The number of likely N-dealkylation sites (N-methyl/N-ethyl adjacent to an activating group) is 1. The maximum atomic E-state index is 13.5. The van der Waals surface area contributed by atoms with E-state index in [9.17, 15) is 19.0 Å². The number of quaternary nitrogens is 1. The predicted molar refractivity (Wildman–Crippen MR) is 298 cm³/mol. The lowest BCUT2D eigenvalue weighted by Gasteiger charge is -2.30. The molecule has 3 atom stereocenters. The van der Waals surface area contributed by atoms with Gasteiger partial charge in [-0.3, -0.25) is 14.2 Å². The zero-order valence-corrected chi connectivity index (χ0v) is 47.4. The molecule has 9 nitrogen and oxygen atoms in total. The third kappa shape index (κ3) is 50.6. The molecule has 3 unspecified atom stereocenters. The van der Waals surface area contributed by atoms with Crippen molar-refractivity contribution in [2.45, 2.75) is 270 Å². The highest BCUT2D eigenvalue weighted by molar-refractivity contribution is 7.45. The number of nitrogens with zero attached hydrogens (tertiary/aromatic N) is 1. The number of hydrogen-bond acceptors (Lipinski definition) is 7. The number of nitrogens with one attached hydrogen (secondary N) is 1. The van der Waals surface area contributed by atoms with Gasteiger partial charge in [0.25, 0.3) is 7.82 Å². The van der Waals surface area contributed by atoms with Crippen molar-refractivity contribution in [2.24, 2.45) is 0 Å². The summed E-state index contributed by atoms with van der Waals surface area (Å²) in [7, 11) is 1.16. The average Bonchev–Trinajstić information content (AvgIpc) is 3.32. The summed E-state index contributed by atoms with van der Waals surface area (Å²) in [6.07, 6.45) is 61.8. The number of allylic oxidation sites excluding steroid dienone is 9. The number of rotatable bonds is 52. The molecule has 0 aliphatic heterocycles. The largest absolute Gasteiger partial charge is 0.756 e. The van der Waals surface area contributed by atoms with E-state index in [0.717, 1.165) is 64.2 Å². The van der Waals surface area contributed by atoms with E-state index in [1.165, 1.54) is 154 Å². The van der Waals surface area contributed by atoms with Gasteiger partial charge in [0, 0.05) is 12.8 Å². The smallest absolute Gasteiger partial charge is 0.306 e. The van der Waals surface area contributed by atoms with Gasteiger partial charge in [-0.2, -0.15) is 0 Å². The maximum absolute atomic E-state index is 13.5. The Labute approximate surface area is 432 Å². The monoisotopic (exact) mass is 1000 g/mol. The first kappa shape index (κ1) is 67.7. The molecule has 0 heterocycles. The van der Waals surface area contributed by atoms with Crippen LogP contribution in [0, 0.1) is 0 Å². The molecule has 0 aliphatic carbocycles. The molecule has 0 rings (SSSR count). The van der Waals surface area contributed by atoms with Crippen LogP contribution in [-0.2, 0) is 27.9 Å². The van der Waals surface area contributed by atoms with Crippen LogP contribution in [0.3, 0.4) is 0 Å². The van der Waals surface area contributed by atoms with Crippen molar-refractivity contribution in [1.82, 2.24) is 5.32 Å². The molecular formula is C60H111N2O7P. The van der Waals surface area contributed by atoms with E-state index in [0.29, 0.717) is 23.9 Å². The first-order valence-corrected chi connectivity index (χ1v) is 30.6. The van der Waals surface area contributed by atoms with Crippen LogP contribution in [0.5, 0.6) is 0 Å². The predicted octanol–water partition coefficient (Wildman–Crippen LogP) is 16.9. The molecule has 0 aromatic rings. The van der Waals surface area contributed by atoms with E-state index in [1.54, 1.807) is 0 Å². The molecule has 0 bridgehead atoms. The molecule has 408 valence electrons. The van der Waals surface area contributed by atoms with E-state index < -0.39 is 32.5 Å². The lowest BCUT2D eigenvalue weighted by Crippen LogP contribution is -2.47. The number of amides is 1. The average molecular weight is 1000 g/mol. The minimum absolute atomic E-state index is 0.0306. The molecule has 0 radical (unpaired) electrons. The van der Waals surface area contributed by atoms with Gasteiger partial charge in [0.05, 0.1) is 33.8 Å². The first-order chi connectivity index (χ1) is 33.9. The van der Waals surface area contributed by atoms with Gasteiger partial charge in [0.15, 0.2) is 0 Å². The van der Waals surface area contributed by atoms with Crippen molar-refractivity contribution in [2.75, 3.05) is 40.9 Å². The molecule has 0 saturated heterocycles. The van der Waals surface area contributed by atoms with Crippen molar-refractivity contribution in [1.29, 1.82) is 0 Å². The number of esters is 1. The van der Waals surface area contributed by atoms with Gasteiger partial charge in [-0.05, 0) is 70.3 Å². The molecule has 10 heteroatoms. The highest BCUT2D eigenvalue weighted by atomic mass is 31.2. The third-order valence-corrected chi connectivity index (χ3v) is 13.7. The van der Waals surface area contributed by atoms with E-state index in [1.807, 2.05) is 33.3 Å². The first-order valence-electron chi connectivity index (χ1n) is 29.1. The summed E-state index contributed by atoms with van der Waals surface area (Å²) in [6, 6.07) is -0.908. The Balaban J connectivity index is 5.45. The van der Waals surface area contributed by atoms with Crippen molar-refractivity contribution in [3.05, 3.63) is 60.8 Å². The van der Waals surface area contributed by atoms with Crippen LogP contribution in [0.25, 0.3) is 0 Å². The summed E-state index contributed by atoms with van der Waals surface area (Å²) in [6.45, 7) is 6.78. The maximum Gasteiger partial charge on any atom is 0.306 e. The summed E-state index contributed by atoms with van der Waals surface area (Å²) >= 11 is 0. The van der Waals surface area contributed by atoms with Gasteiger partial charge in [-0.25, -0.2) is 0 Å². The number of phosphoric ester groups is 1. The highest BCUT2D eigenvalue weighted by Gasteiger charge is 2.27. The summed E-state index contributed by atoms with van der Waals surface area (Å²) in [4.78, 5) is 39.8. The van der Waals surface area contributed by atoms with Gasteiger partial charge in [0.1, 0.15) is 19.3 Å². The van der Waals surface area contributed by atoms with Crippen molar-refractivity contribution >= 4 is 19.7 Å². The molecule has 70 heavy (non-hydrogen) atoms. The van der Waals surface area contributed by atoms with Gasteiger partial charge in [-0.1, -0.05) is 236 Å². The third-order valence-electron chi connectivity index (χ3n) is 12.7. The van der Waals surface area contributed by atoms with E-state index in [2.05, 4.69) is 74.7 Å². The summed E-state index contributed by atoms with van der Waals surface area (Å²) in [5, 5.41) is 3.01. The number of carbonyl (C=O) groups excluding carboxylic acids is 2. The van der Waals surface area contributed by atoms with Crippen LogP contribution in [0.4, 0.5) is 0 Å². The molecule has 0 aromatic carbocycles.